The van der Waals surface area contributed by atoms with Crippen LogP contribution in [0.5, 0.6) is 0 Å². The molecule has 0 spiro atoms. The van der Waals surface area contributed by atoms with E-state index in [0.29, 0.717) is 12.8 Å². The number of rotatable bonds is 30. The molecule has 10 nitrogen and oxygen atoms in total. The summed E-state index contributed by atoms with van der Waals surface area (Å²) in [7, 11) is -4.60. The highest BCUT2D eigenvalue weighted by Crippen LogP contribution is 2.43. The highest BCUT2D eigenvalue weighted by atomic mass is 31.2. The smallest absolute Gasteiger partial charge is 0.462 e. The number of allylic oxidation sites excluding steroid dienone is 4. The molecule has 0 aromatic heterocycles. The molecule has 0 rings (SSSR count). The van der Waals surface area contributed by atoms with E-state index in [2.05, 4.69) is 42.7 Å². The lowest BCUT2D eigenvalue weighted by molar-refractivity contribution is -0.161. The van der Waals surface area contributed by atoms with E-state index in [4.69, 9.17) is 19.1 Å². The number of ether oxygens (including phenoxy) is 2. The molecule has 0 aliphatic carbocycles. The summed E-state index contributed by atoms with van der Waals surface area (Å²) in [6.45, 7) is 2.20. The first kappa shape index (κ1) is 41.4. The Bertz CT molecular complexity index is 786. The SMILES string of the molecule is CCCCC/C=C\C/C=C\CCCCCCCC(=O)OC(COC(=O)CCCCCCC)COP(=O)(O)OCC(O)CO. The number of hydrogen-bond acceptors (Lipinski definition) is 9. The number of unbranched alkanes of at least 4 members (excludes halogenated alkanes) is 12. The largest absolute Gasteiger partial charge is 0.472 e. The molecule has 43 heavy (non-hydrogen) atoms. The fourth-order valence-corrected chi connectivity index (χ4v) is 4.81. The Labute approximate surface area is 259 Å². The van der Waals surface area contributed by atoms with Gasteiger partial charge in [-0.15, -0.1) is 0 Å². The number of phosphoric ester groups is 1. The lowest BCUT2D eigenvalue weighted by Crippen LogP contribution is -2.29. The molecule has 3 unspecified atom stereocenters. The first-order valence-electron chi connectivity index (χ1n) is 16.3. The van der Waals surface area contributed by atoms with Crippen LogP contribution >= 0.6 is 7.82 Å². The second kappa shape index (κ2) is 29.2. The summed E-state index contributed by atoms with van der Waals surface area (Å²) in [4.78, 5) is 34.4. The number of carbonyl (C=O) groups excluding carboxylic acids is 2. The third-order valence-electron chi connectivity index (χ3n) is 6.61. The molecule has 3 N–H and O–H groups in total. The van der Waals surface area contributed by atoms with Crippen LogP contribution in [0.15, 0.2) is 24.3 Å². The van der Waals surface area contributed by atoms with Crippen molar-refractivity contribution in [1.82, 2.24) is 0 Å². The molecule has 0 amide bonds. The second-order valence-corrected chi connectivity index (χ2v) is 12.3. The Kier molecular flexibility index (Phi) is 28.1. The van der Waals surface area contributed by atoms with Gasteiger partial charge < -0.3 is 24.6 Å². The molecule has 0 saturated heterocycles. The summed E-state index contributed by atoms with van der Waals surface area (Å²) in [5, 5.41) is 18.1. The van der Waals surface area contributed by atoms with E-state index in [0.717, 1.165) is 70.6 Å². The molecule has 252 valence electrons. The van der Waals surface area contributed by atoms with Gasteiger partial charge in [0.15, 0.2) is 6.10 Å². The van der Waals surface area contributed by atoms with Crippen LogP contribution in [0.25, 0.3) is 0 Å². The highest BCUT2D eigenvalue weighted by molar-refractivity contribution is 7.47. The molecular formula is C32H59O10P. The number of aliphatic hydroxyl groups excluding tert-OH is 2. The van der Waals surface area contributed by atoms with Crippen molar-refractivity contribution in [2.24, 2.45) is 0 Å². The van der Waals surface area contributed by atoms with Crippen molar-refractivity contribution in [3.05, 3.63) is 24.3 Å². The second-order valence-electron chi connectivity index (χ2n) is 10.8. The molecule has 0 bridgehead atoms. The third kappa shape index (κ3) is 28.9. The van der Waals surface area contributed by atoms with Gasteiger partial charge in [-0.05, 0) is 44.9 Å². The average molecular weight is 635 g/mol. The molecule has 0 fully saturated rings. The Hall–Kier alpha value is -1.55. The Balaban J connectivity index is 4.38. The van der Waals surface area contributed by atoms with Crippen LogP contribution in [-0.2, 0) is 32.7 Å². The van der Waals surface area contributed by atoms with E-state index in [1.807, 2.05) is 0 Å². The van der Waals surface area contributed by atoms with Crippen molar-refractivity contribution in [2.75, 3.05) is 26.4 Å². The molecule has 0 saturated carbocycles. The van der Waals surface area contributed by atoms with Gasteiger partial charge in [0, 0.05) is 12.8 Å². The molecule has 0 radical (unpaired) electrons. The van der Waals surface area contributed by atoms with Crippen molar-refractivity contribution in [3.63, 3.8) is 0 Å². The minimum absolute atomic E-state index is 0.169. The van der Waals surface area contributed by atoms with E-state index >= 15 is 0 Å². The van der Waals surface area contributed by atoms with Crippen LogP contribution in [0, 0.1) is 0 Å². The third-order valence-corrected chi connectivity index (χ3v) is 7.56. The summed E-state index contributed by atoms with van der Waals surface area (Å²) >= 11 is 0. The quantitative estimate of drug-likeness (QED) is 0.0323. The van der Waals surface area contributed by atoms with Gasteiger partial charge in [-0.25, -0.2) is 4.57 Å². The topological polar surface area (TPSA) is 149 Å². The van der Waals surface area contributed by atoms with Gasteiger partial charge in [-0.2, -0.15) is 0 Å². The van der Waals surface area contributed by atoms with Gasteiger partial charge in [0.05, 0.1) is 19.8 Å². The van der Waals surface area contributed by atoms with E-state index in [-0.39, 0.29) is 19.4 Å². The maximum Gasteiger partial charge on any atom is 0.472 e. The normalized spacial score (nSPS) is 14.6. The zero-order valence-electron chi connectivity index (χ0n) is 26.7. The Morgan fingerprint density at radius 2 is 1.21 bits per heavy atom. The number of esters is 2. The number of aliphatic hydroxyl groups is 2. The van der Waals surface area contributed by atoms with Crippen LogP contribution in [0.2, 0.25) is 0 Å². The van der Waals surface area contributed by atoms with Crippen molar-refractivity contribution < 1.29 is 47.8 Å². The summed E-state index contributed by atoms with van der Waals surface area (Å²) in [5.41, 5.74) is 0. The van der Waals surface area contributed by atoms with Gasteiger partial charge >= 0.3 is 19.8 Å². The molecule has 0 heterocycles. The number of carbonyl (C=O) groups is 2. The average Bonchev–Trinajstić information content (AvgIpc) is 2.99. The van der Waals surface area contributed by atoms with Gasteiger partial charge in [-0.1, -0.05) is 95.9 Å². The minimum atomic E-state index is -4.60. The monoisotopic (exact) mass is 634 g/mol. The summed E-state index contributed by atoms with van der Waals surface area (Å²) in [6, 6.07) is 0. The maximum absolute atomic E-state index is 12.4. The van der Waals surface area contributed by atoms with Gasteiger partial charge in [0.2, 0.25) is 0 Å². The van der Waals surface area contributed by atoms with Gasteiger partial charge in [-0.3, -0.25) is 18.6 Å². The zero-order chi connectivity index (χ0) is 32.0. The lowest BCUT2D eigenvalue weighted by Gasteiger charge is -2.20. The fourth-order valence-electron chi connectivity index (χ4n) is 4.02. The summed E-state index contributed by atoms with van der Waals surface area (Å²) < 4.78 is 32.2. The first-order chi connectivity index (χ1) is 20.7. The summed E-state index contributed by atoms with van der Waals surface area (Å²) in [5.74, 6) is -0.958. The Morgan fingerprint density at radius 1 is 0.698 bits per heavy atom. The van der Waals surface area contributed by atoms with Crippen LogP contribution in [0.1, 0.15) is 129 Å². The summed E-state index contributed by atoms with van der Waals surface area (Å²) in [6.07, 6.45) is 23.4. The van der Waals surface area contributed by atoms with E-state index < -0.39 is 51.8 Å². The van der Waals surface area contributed by atoms with Gasteiger partial charge in [0.1, 0.15) is 12.7 Å². The predicted molar refractivity (Wildman–Crippen MR) is 168 cm³/mol. The molecule has 0 aliphatic rings. The first-order valence-corrected chi connectivity index (χ1v) is 17.8. The molecule has 3 atom stereocenters. The molecule has 11 heteroatoms. The van der Waals surface area contributed by atoms with E-state index in [9.17, 15) is 24.2 Å². The lowest BCUT2D eigenvalue weighted by atomic mass is 10.1. The zero-order valence-corrected chi connectivity index (χ0v) is 27.6. The van der Waals surface area contributed by atoms with Crippen LogP contribution in [0.3, 0.4) is 0 Å². The molecule has 0 aromatic rings. The standard InChI is InChI=1S/C32H59O10P/c1-3-5-7-9-10-11-12-13-14-15-16-17-18-20-22-24-32(36)42-30(27-39-31(35)23-21-19-8-6-4-2)28-41-43(37,38)40-26-29(34)25-33/h10-11,13-14,29-30,33-34H,3-9,12,15-28H2,1-2H3,(H,37,38)/b11-10-,14-13-. The van der Waals surface area contributed by atoms with Crippen LogP contribution in [0.4, 0.5) is 0 Å². The molecule has 0 aliphatic heterocycles. The van der Waals surface area contributed by atoms with Crippen LogP contribution in [-0.4, -0.2) is 65.7 Å². The van der Waals surface area contributed by atoms with Crippen LogP contribution < -0.4 is 0 Å². The predicted octanol–water partition coefficient (Wildman–Crippen LogP) is 7.10. The fraction of sp³-hybridized carbons (Fsp3) is 0.812. The number of hydrogen-bond donors (Lipinski definition) is 3. The van der Waals surface area contributed by atoms with E-state index in [1.165, 1.54) is 19.3 Å². The maximum atomic E-state index is 12.4. The van der Waals surface area contributed by atoms with Crippen molar-refractivity contribution in [2.45, 2.75) is 142 Å². The number of phosphoric acid groups is 1. The highest BCUT2D eigenvalue weighted by Gasteiger charge is 2.27. The van der Waals surface area contributed by atoms with Crippen molar-refractivity contribution in [3.8, 4) is 0 Å². The molecule has 0 aromatic carbocycles. The molecular weight excluding hydrogens is 575 g/mol. The van der Waals surface area contributed by atoms with Crippen molar-refractivity contribution >= 4 is 19.8 Å². The Morgan fingerprint density at radius 3 is 1.84 bits per heavy atom. The van der Waals surface area contributed by atoms with E-state index in [1.54, 1.807) is 0 Å². The minimum Gasteiger partial charge on any atom is -0.462 e. The van der Waals surface area contributed by atoms with Crippen molar-refractivity contribution in [1.29, 1.82) is 0 Å². The van der Waals surface area contributed by atoms with Gasteiger partial charge in [0.25, 0.3) is 0 Å².